The molecule has 2 aromatic carbocycles. The molecule has 2 fully saturated rings. The number of likely N-dealkylation sites (tertiary alicyclic amines) is 1. The van der Waals surface area contributed by atoms with Crippen molar-refractivity contribution in [3.63, 3.8) is 0 Å². The van der Waals surface area contributed by atoms with E-state index in [0.717, 1.165) is 19.4 Å². The number of benzene rings is 2. The number of rotatable bonds is 4. The smallest absolute Gasteiger partial charge is 0.272 e. The standard InChI is InChI=1S/C26H28FN5O4/c1-26(10-5-11-30(26)2)25(35)32-14-12-31(13-15-32)24(34)20-16-17(8-9-21(20)27)36-23-19-7-4-3-6-18(19)22(33)28-29-23/h3-4,6-9,16H,5,10-15H2,1-2H3,(H,28,33). The highest BCUT2D eigenvalue weighted by molar-refractivity contribution is 5.95. The molecule has 0 bridgehead atoms. The first-order valence-corrected chi connectivity index (χ1v) is 12.0. The molecule has 3 aromatic rings. The SMILES string of the molecule is CN1CCCC1(C)C(=O)N1CCN(C(=O)c2cc(Oc3n[nH]c(=O)c4ccccc34)ccc2F)CC1. The van der Waals surface area contributed by atoms with Crippen LogP contribution < -0.4 is 10.3 Å². The lowest BCUT2D eigenvalue weighted by Crippen LogP contribution is -2.58. The lowest BCUT2D eigenvalue weighted by molar-refractivity contribution is -0.142. The van der Waals surface area contributed by atoms with Crippen LogP contribution in [0.4, 0.5) is 4.39 Å². The van der Waals surface area contributed by atoms with Crippen LogP contribution >= 0.6 is 0 Å². The third-order valence-electron chi connectivity index (χ3n) is 7.36. The summed E-state index contributed by atoms with van der Waals surface area (Å²) in [7, 11) is 1.97. The Morgan fingerprint density at radius 3 is 2.42 bits per heavy atom. The van der Waals surface area contributed by atoms with Crippen molar-refractivity contribution in [2.45, 2.75) is 25.3 Å². The zero-order valence-corrected chi connectivity index (χ0v) is 20.3. The minimum Gasteiger partial charge on any atom is -0.437 e. The summed E-state index contributed by atoms with van der Waals surface area (Å²) in [6.07, 6.45) is 1.80. The van der Waals surface area contributed by atoms with Crippen molar-refractivity contribution in [2.75, 3.05) is 39.8 Å². The van der Waals surface area contributed by atoms with E-state index < -0.39 is 17.3 Å². The van der Waals surface area contributed by atoms with Crippen LogP contribution in [0.25, 0.3) is 10.8 Å². The van der Waals surface area contributed by atoms with E-state index in [4.69, 9.17) is 4.74 Å². The number of nitrogens with one attached hydrogen (secondary N) is 1. The molecule has 1 aromatic heterocycles. The Balaban J connectivity index is 1.30. The molecular weight excluding hydrogens is 465 g/mol. The number of amides is 2. The highest BCUT2D eigenvalue weighted by Crippen LogP contribution is 2.30. The average molecular weight is 494 g/mol. The number of fused-ring (bicyclic) bond motifs is 1. The van der Waals surface area contributed by atoms with Crippen LogP contribution in [0, 0.1) is 5.82 Å². The molecule has 0 spiro atoms. The van der Waals surface area contributed by atoms with E-state index in [0.29, 0.717) is 37.0 Å². The molecule has 5 rings (SSSR count). The van der Waals surface area contributed by atoms with Gasteiger partial charge in [-0.3, -0.25) is 19.3 Å². The topological polar surface area (TPSA) is 98.8 Å². The van der Waals surface area contributed by atoms with Gasteiger partial charge in [0.15, 0.2) is 0 Å². The Hall–Kier alpha value is -3.79. The first kappa shape index (κ1) is 23.9. The number of H-pyrrole nitrogens is 1. The number of piperazine rings is 1. The van der Waals surface area contributed by atoms with Gasteiger partial charge in [0.25, 0.3) is 11.5 Å². The molecule has 2 amide bonds. The lowest BCUT2D eigenvalue weighted by Gasteiger charge is -2.40. The zero-order valence-electron chi connectivity index (χ0n) is 20.3. The van der Waals surface area contributed by atoms with E-state index in [9.17, 15) is 18.8 Å². The lowest BCUT2D eigenvalue weighted by atomic mass is 9.96. The number of hydrogen-bond acceptors (Lipinski definition) is 6. The molecule has 2 saturated heterocycles. The van der Waals surface area contributed by atoms with Gasteiger partial charge in [0.05, 0.1) is 21.9 Å². The summed E-state index contributed by atoms with van der Waals surface area (Å²) >= 11 is 0. The maximum atomic E-state index is 14.7. The highest BCUT2D eigenvalue weighted by Gasteiger charge is 2.44. The Bertz CT molecular complexity index is 1380. The summed E-state index contributed by atoms with van der Waals surface area (Å²) in [5, 5.41) is 7.26. The number of nitrogens with zero attached hydrogens (tertiary/aromatic N) is 4. The van der Waals surface area contributed by atoms with Gasteiger partial charge in [0, 0.05) is 26.2 Å². The molecule has 36 heavy (non-hydrogen) atoms. The summed E-state index contributed by atoms with van der Waals surface area (Å²) in [4.78, 5) is 43.8. The summed E-state index contributed by atoms with van der Waals surface area (Å²) in [5.41, 5.74) is -0.980. The van der Waals surface area contributed by atoms with Crippen LogP contribution in [-0.4, -0.2) is 82.0 Å². The van der Waals surface area contributed by atoms with E-state index in [1.165, 1.54) is 18.2 Å². The normalized spacial score (nSPS) is 20.6. The van der Waals surface area contributed by atoms with Gasteiger partial charge in [-0.05, 0) is 63.7 Å². The van der Waals surface area contributed by atoms with Gasteiger partial charge in [-0.25, -0.2) is 9.49 Å². The number of carbonyl (C=O) groups excluding carboxylic acids is 2. The predicted octanol–water partition coefficient (Wildman–Crippen LogP) is 2.62. The van der Waals surface area contributed by atoms with E-state index >= 15 is 0 Å². The molecule has 2 aliphatic rings. The van der Waals surface area contributed by atoms with Crippen molar-refractivity contribution in [3.05, 3.63) is 64.2 Å². The van der Waals surface area contributed by atoms with Gasteiger partial charge in [-0.1, -0.05) is 12.1 Å². The number of aromatic amines is 1. The van der Waals surface area contributed by atoms with Crippen LogP contribution in [-0.2, 0) is 4.79 Å². The largest absolute Gasteiger partial charge is 0.437 e. The van der Waals surface area contributed by atoms with Crippen molar-refractivity contribution in [3.8, 4) is 11.6 Å². The average Bonchev–Trinajstić information content (AvgIpc) is 3.25. The second-order valence-electron chi connectivity index (χ2n) is 9.53. The van der Waals surface area contributed by atoms with Crippen molar-refractivity contribution in [2.24, 2.45) is 0 Å². The first-order chi connectivity index (χ1) is 17.3. The Morgan fingerprint density at radius 1 is 1.03 bits per heavy atom. The van der Waals surface area contributed by atoms with Gasteiger partial charge in [0.2, 0.25) is 11.8 Å². The van der Waals surface area contributed by atoms with Crippen LogP contribution in [0.3, 0.4) is 0 Å². The quantitative estimate of drug-likeness (QED) is 0.600. The third kappa shape index (κ3) is 4.21. The Labute approximate surface area is 207 Å². The second kappa shape index (κ2) is 9.34. The fourth-order valence-electron chi connectivity index (χ4n) is 5.00. The molecule has 10 heteroatoms. The Morgan fingerprint density at radius 2 is 1.72 bits per heavy atom. The molecule has 3 heterocycles. The van der Waals surface area contributed by atoms with E-state index in [2.05, 4.69) is 15.1 Å². The highest BCUT2D eigenvalue weighted by atomic mass is 19.1. The van der Waals surface area contributed by atoms with Gasteiger partial charge in [-0.15, -0.1) is 5.10 Å². The van der Waals surface area contributed by atoms with Gasteiger partial charge >= 0.3 is 0 Å². The zero-order chi connectivity index (χ0) is 25.4. The molecular formula is C26H28FN5O4. The number of likely N-dealkylation sites (N-methyl/N-ethyl adjacent to an activating group) is 1. The van der Waals surface area contributed by atoms with Gasteiger partial charge in [0.1, 0.15) is 11.6 Å². The van der Waals surface area contributed by atoms with Crippen molar-refractivity contribution in [1.29, 1.82) is 0 Å². The van der Waals surface area contributed by atoms with E-state index in [1.807, 2.05) is 14.0 Å². The molecule has 1 N–H and O–H groups in total. The summed E-state index contributed by atoms with van der Waals surface area (Å²) < 4.78 is 20.5. The van der Waals surface area contributed by atoms with Crippen LogP contribution in [0.2, 0.25) is 0 Å². The van der Waals surface area contributed by atoms with Crippen molar-refractivity contribution < 1.29 is 18.7 Å². The molecule has 1 atom stereocenters. The van der Waals surface area contributed by atoms with Gasteiger partial charge < -0.3 is 14.5 Å². The van der Waals surface area contributed by atoms with Crippen LogP contribution in [0.5, 0.6) is 11.6 Å². The van der Waals surface area contributed by atoms with E-state index in [-0.39, 0.29) is 28.7 Å². The monoisotopic (exact) mass is 493 g/mol. The maximum absolute atomic E-state index is 14.7. The minimum absolute atomic E-state index is 0.0804. The molecule has 1 unspecified atom stereocenters. The molecule has 9 nitrogen and oxygen atoms in total. The van der Waals surface area contributed by atoms with Crippen LogP contribution in [0.1, 0.15) is 30.1 Å². The molecule has 0 aliphatic carbocycles. The van der Waals surface area contributed by atoms with Crippen LogP contribution in [0.15, 0.2) is 47.3 Å². The fourth-order valence-corrected chi connectivity index (χ4v) is 5.00. The number of aromatic nitrogens is 2. The fraction of sp³-hybridized carbons (Fsp3) is 0.385. The van der Waals surface area contributed by atoms with Crippen molar-refractivity contribution in [1.82, 2.24) is 24.9 Å². The molecule has 0 saturated carbocycles. The molecule has 0 radical (unpaired) electrons. The summed E-state index contributed by atoms with van der Waals surface area (Å²) in [6.45, 7) is 4.31. The van der Waals surface area contributed by atoms with Gasteiger partial charge in [-0.2, -0.15) is 0 Å². The second-order valence-corrected chi connectivity index (χ2v) is 9.53. The number of carbonyl (C=O) groups is 2. The first-order valence-electron chi connectivity index (χ1n) is 12.0. The van der Waals surface area contributed by atoms with Crippen molar-refractivity contribution >= 4 is 22.6 Å². The number of ether oxygens (including phenoxy) is 1. The maximum Gasteiger partial charge on any atom is 0.272 e. The number of halogens is 1. The summed E-state index contributed by atoms with van der Waals surface area (Å²) in [6, 6.07) is 10.8. The predicted molar refractivity (Wildman–Crippen MR) is 132 cm³/mol. The molecule has 2 aliphatic heterocycles. The Kier molecular flexibility index (Phi) is 6.21. The minimum atomic E-state index is -0.662. The third-order valence-corrected chi connectivity index (χ3v) is 7.36. The number of hydrogen-bond donors (Lipinski definition) is 1. The molecule has 188 valence electrons. The summed E-state index contributed by atoms with van der Waals surface area (Å²) in [5.74, 6) is -0.682. The van der Waals surface area contributed by atoms with E-state index in [1.54, 1.807) is 34.1 Å².